The highest BCUT2D eigenvalue weighted by atomic mass is 32.2. The molecular weight excluding hydrogens is 312 g/mol. The molecule has 0 aliphatic carbocycles. The van der Waals surface area contributed by atoms with Crippen LogP contribution in [-0.4, -0.2) is 9.38 Å². The van der Waals surface area contributed by atoms with Crippen LogP contribution in [0.4, 0.5) is 0 Å². The van der Waals surface area contributed by atoms with Crippen LogP contribution in [0.3, 0.4) is 0 Å². The lowest BCUT2D eigenvalue weighted by Gasteiger charge is -2.17. The van der Waals surface area contributed by atoms with Gasteiger partial charge in [0, 0.05) is 11.1 Å². The molecule has 3 heteroatoms. The number of aromatic nitrogens is 2. The van der Waals surface area contributed by atoms with Gasteiger partial charge in [0.1, 0.15) is 5.65 Å². The summed E-state index contributed by atoms with van der Waals surface area (Å²) in [6.07, 6.45) is 4.11. The van der Waals surface area contributed by atoms with Crippen molar-refractivity contribution in [3.05, 3.63) is 102 Å². The topological polar surface area (TPSA) is 17.3 Å². The van der Waals surface area contributed by atoms with Crippen LogP contribution in [-0.2, 0) is 0 Å². The van der Waals surface area contributed by atoms with Gasteiger partial charge in [-0.25, -0.2) is 4.98 Å². The third-order valence-corrected chi connectivity index (χ3v) is 5.42. The molecule has 118 valence electrons. The molecule has 2 heterocycles. The highest BCUT2D eigenvalue weighted by molar-refractivity contribution is 7.99. The molecule has 0 aliphatic heterocycles. The first-order valence-corrected chi connectivity index (χ1v) is 8.90. The minimum Gasteiger partial charge on any atom is -0.302 e. The molecule has 2 aromatic carbocycles. The number of thioether (sulfide) groups is 1. The summed E-state index contributed by atoms with van der Waals surface area (Å²) in [4.78, 5) is 5.91. The van der Waals surface area contributed by atoms with Crippen LogP contribution in [0.25, 0.3) is 5.65 Å². The normalized spacial score (nSPS) is 12.4. The van der Waals surface area contributed by atoms with Crippen LogP contribution in [0.1, 0.15) is 22.1 Å². The Labute approximate surface area is 146 Å². The van der Waals surface area contributed by atoms with Crippen molar-refractivity contribution in [2.75, 3.05) is 0 Å². The van der Waals surface area contributed by atoms with Crippen LogP contribution in [0, 0.1) is 6.92 Å². The van der Waals surface area contributed by atoms with E-state index >= 15 is 0 Å². The van der Waals surface area contributed by atoms with Gasteiger partial charge in [-0.3, -0.25) is 0 Å². The van der Waals surface area contributed by atoms with Crippen molar-refractivity contribution in [2.45, 2.75) is 17.1 Å². The highest BCUT2D eigenvalue weighted by Gasteiger charge is 2.20. The van der Waals surface area contributed by atoms with E-state index in [-0.39, 0.29) is 5.25 Å². The molecule has 4 rings (SSSR count). The Morgan fingerprint density at radius 1 is 0.875 bits per heavy atom. The lowest BCUT2D eigenvalue weighted by molar-refractivity contribution is 1.00. The molecule has 24 heavy (non-hydrogen) atoms. The van der Waals surface area contributed by atoms with Gasteiger partial charge in [-0.05, 0) is 36.2 Å². The fourth-order valence-electron chi connectivity index (χ4n) is 2.93. The summed E-state index contributed by atoms with van der Waals surface area (Å²) in [5, 5.41) is 0.199. The molecule has 0 saturated heterocycles. The van der Waals surface area contributed by atoms with Crippen molar-refractivity contribution < 1.29 is 0 Å². The lowest BCUT2D eigenvalue weighted by atomic mass is 10.1. The molecule has 0 aliphatic rings. The Kier molecular flexibility index (Phi) is 4.09. The average molecular weight is 330 g/mol. The molecule has 1 unspecified atom stereocenters. The maximum absolute atomic E-state index is 4.66. The number of nitrogens with zero attached hydrogens (tertiary/aromatic N) is 2. The van der Waals surface area contributed by atoms with Crippen molar-refractivity contribution >= 4 is 17.4 Å². The first-order chi connectivity index (χ1) is 11.8. The van der Waals surface area contributed by atoms with E-state index in [2.05, 4.69) is 95.3 Å². The number of hydrogen-bond donors (Lipinski definition) is 0. The molecule has 0 saturated carbocycles. The smallest absolute Gasteiger partial charge is 0.139 e. The zero-order chi connectivity index (χ0) is 16.4. The minimum atomic E-state index is 0.199. The molecule has 0 amide bonds. The fraction of sp³-hybridized carbons (Fsp3) is 0.0952. The highest BCUT2D eigenvalue weighted by Crippen LogP contribution is 2.40. The summed E-state index contributed by atoms with van der Waals surface area (Å²) in [6.45, 7) is 2.11. The SMILES string of the molecule is Cc1cccn2c(C(Sc3ccccc3)c3ccccc3)cnc12. The standard InChI is InChI=1S/C21H18N2S/c1-16-9-8-14-23-19(15-22-21(16)23)20(17-10-4-2-5-11-17)24-18-12-6-3-7-13-18/h2-15,20H,1H3. The monoisotopic (exact) mass is 330 g/mol. The molecule has 0 spiro atoms. The van der Waals surface area contributed by atoms with Crippen molar-refractivity contribution in [1.82, 2.24) is 9.38 Å². The number of pyridine rings is 1. The minimum absolute atomic E-state index is 0.199. The zero-order valence-electron chi connectivity index (χ0n) is 13.5. The number of fused-ring (bicyclic) bond motifs is 1. The van der Waals surface area contributed by atoms with Crippen molar-refractivity contribution in [1.29, 1.82) is 0 Å². The summed E-state index contributed by atoms with van der Waals surface area (Å²) >= 11 is 1.86. The molecule has 2 aromatic heterocycles. The molecule has 0 fully saturated rings. The fourth-order valence-corrected chi connectivity index (χ4v) is 4.10. The van der Waals surface area contributed by atoms with E-state index in [9.17, 15) is 0 Å². The zero-order valence-corrected chi connectivity index (χ0v) is 14.3. The third-order valence-electron chi connectivity index (χ3n) is 4.13. The summed E-state index contributed by atoms with van der Waals surface area (Å²) in [7, 11) is 0. The van der Waals surface area contributed by atoms with Crippen LogP contribution in [0.15, 0.2) is 90.1 Å². The van der Waals surface area contributed by atoms with Gasteiger partial charge in [-0.1, -0.05) is 54.6 Å². The van der Waals surface area contributed by atoms with Crippen LogP contribution in [0.5, 0.6) is 0 Å². The van der Waals surface area contributed by atoms with Crippen molar-refractivity contribution in [2.24, 2.45) is 0 Å². The Bertz CT molecular complexity index is 945. The third kappa shape index (κ3) is 2.83. The molecule has 0 radical (unpaired) electrons. The van der Waals surface area contributed by atoms with Crippen LogP contribution in [0.2, 0.25) is 0 Å². The van der Waals surface area contributed by atoms with Gasteiger partial charge in [0.25, 0.3) is 0 Å². The number of hydrogen-bond acceptors (Lipinski definition) is 2. The van der Waals surface area contributed by atoms with Gasteiger partial charge < -0.3 is 4.40 Å². The second-order valence-corrected chi connectivity index (χ2v) is 6.97. The van der Waals surface area contributed by atoms with Crippen molar-refractivity contribution in [3.63, 3.8) is 0 Å². The van der Waals surface area contributed by atoms with Gasteiger partial charge in [0.2, 0.25) is 0 Å². The van der Waals surface area contributed by atoms with E-state index < -0.39 is 0 Å². The number of rotatable bonds is 4. The molecule has 4 aromatic rings. The molecule has 0 N–H and O–H groups in total. The van der Waals surface area contributed by atoms with E-state index in [1.54, 1.807) is 0 Å². The predicted octanol–water partition coefficient (Wildman–Crippen LogP) is 5.52. The van der Waals surface area contributed by atoms with E-state index in [0.29, 0.717) is 0 Å². The first-order valence-electron chi connectivity index (χ1n) is 8.02. The van der Waals surface area contributed by atoms with E-state index in [4.69, 9.17) is 0 Å². The number of aryl methyl sites for hydroxylation is 1. The van der Waals surface area contributed by atoms with Crippen molar-refractivity contribution in [3.8, 4) is 0 Å². The molecular formula is C21H18N2S. The Morgan fingerprint density at radius 2 is 1.58 bits per heavy atom. The average Bonchev–Trinajstić information content (AvgIpc) is 3.07. The molecule has 0 bridgehead atoms. The van der Waals surface area contributed by atoms with Crippen LogP contribution >= 0.6 is 11.8 Å². The van der Waals surface area contributed by atoms with E-state index in [0.717, 1.165) is 5.65 Å². The van der Waals surface area contributed by atoms with E-state index in [1.807, 2.05) is 18.0 Å². The Balaban J connectivity index is 1.84. The van der Waals surface area contributed by atoms with E-state index in [1.165, 1.54) is 21.7 Å². The predicted molar refractivity (Wildman–Crippen MR) is 101 cm³/mol. The number of imidazole rings is 1. The largest absolute Gasteiger partial charge is 0.302 e. The summed E-state index contributed by atoms with van der Waals surface area (Å²) in [6, 6.07) is 25.4. The quantitative estimate of drug-likeness (QED) is 0.458. The van der Waals surface area contributed by atoms with Gasteiger partial charge in [-0.15, -0.1) is 11.8 Å². The maximum atomic E-state index is 4.66. The molecule has 1 atom stereocenters. The van der Waals surface area contributed by atoms with Gasteiger partial charge in [0.05, 0.1) is 17.1 Å². The summed E-state index contributed by atoms with van der Waals surface area (Å²) in [5.74, 6) is 0. The van der Waals surface area contributed by atoms with Gasteiger partial charge in [-0.2, -0.15) is 0 Å². The second-order valence-electron chi connectivity index (χ2n) is 5.79. The van der Waals surface area contributed by atoms with Gasteiger partial charge >= 0.3 is 0 Å². The Morgan fingerprint density at radius 3 is 2.33 bits per heavy atom. The lowest BCUT2D eigenvalue weighted by Crippen LogP contribution is -2.01. The molecule has 2 nitrogen and oxygen atoms in total. The van der Waals surface area contributed by atoms with Crippen LogP contribution < -0.4 is 0 Å². The maximum Gasteiger partial charge on any atom is 0.139 e. The first kappa shape index (κ1) is 15.0. The summed E-state index contributed by atoms with van der Waals surface area (Å²) < 4.78 is 2.21. The summed E-state index contributed by atoms with van der Waals surface area (Å²) in [5.41, 5.74) is 4.71. The Hall–Kier alpha value is -2.52. The number of benzene rings is 2. The second kappa shape index (κ2) is 6.54. The van der Waals surface area contributed by atoms with Gasteiger partial charge in [0.15, 0.2) is 0 Å².